The van der Waals surface area contributed by atoms with Gasteiger partial charge in [-0.1, -0.05) is 18.7 Å². The molecule has 0 amide bonds. The van der Waals surface area contributed by atoms with E-state index in [1.54, 1.807) is 6.34 Å². The van der Waals surface area contributed by atoms with E-state index in [-0.39, 0.29) is 0 Å². The molecule has 0 atom stereocenters. The highest BCUT2D eigenvalue weighted by Gasteiger charge is 1.95. The molecule has 0 spiro atoms. The van der Waals surface area contributed by atoms with E-state index in [9.17, 15) is 0 Å². The summed E-state index contributed by atoms with van der Waals surface area (Å²) in [7, 11) is 1.96. The van der Waals surface area contributed by atoms with Crippen LogP contribution >= 0.6 is 0 Å². The molecule has 0 aromatic heterocycles. The van der Waals surface area contributed by atoms with Crippen LogP contribution in [0.1, 0.15) is 5.56 Å². The Labute approximate surface area is 79.2 Å². The topological polar surface area (TPSA) is 15.6 Å². The van der Waals surface area contributed by atoms with Gasteiger partial charge in [0, 0.05) is 18.9 Å². The van der Waals surface area contributed by atoms with Gasteiger partial charge in [-0.15, -0.1) is 0 Å². The van der Waals surface area contributed by atoms with Gasteiger partial charge in [0.15, 0.2) is 0 Å². The summed E-state index contributed by atoms with van der Waals surface area (Å²) < 4.78 is 0. The summed E-state index contributed by atoms with van der Waals surface area (Å²) in [6, 6.07) is 8.25. The van der Waals surface area contributed by atoms with Crippen LogP contribution in [0.5, 0.6) is 0 Å². The maximum Gasteiger partial charge on any atom is 0.0946 e. The van der Waals surface area contributed by atoms with Gasteiger partial charge in [0.05, 0.1) is 6.34 Å². The van der Waals surface area contributed by atoms with Crippen LogP contribution in [0.4, 0.5) is 5.69 Å². The van der Waals surface area contributed by atoms with Gasteiger partial charge in [-0.3, -0.25) is 0 Å². The van der Waals surface area contributed by atoms with Crippen molar-refractivity contribution in [1.29, 1.82) is 0 Å². The minimum atomic E-state index is 1.13. The zero-order valence-corrected chi connectivity index (χ0v) is 8.07. The van der Waals surface area contributed by atoms with Crippen molar-refractivity contribution in [3.05, 3.63) is 42.6 Å². The predicted molar refractivity (Wildman–Crippen MR) is 58.3 cm³/mol. The normalized spacial score (nSPS) is 10.3. The molecule has 0 bridgehead atoms. The minimum absolute atomic E-state index is 1.13. The van der Waals surface area contributed by atoms with Crippen molar-refractivity contribution in [1.82, 2.24) is 0 Å². The molecule has 68 valence electrons. The molecular formula is C11H14N2. The maximum atomic E-state index is 3.94. The molecule has 0 fully saturated rings. The Hall–Kier alpha value is -1.57. The highest BCUT2D eigenvalue weighted by Crippen LogP contribution is 2.12. The summed E-state index contributed by atoms with van der Waals surface area (Å²) in [5, 5.41) is 0. The Bertz CT molecular complexity index is 316. The second kappa shape index (κ2) is 4.45. The third-order valence-corrected chi connectivity index (χ3v) is 1.75. The van der Waals surface area contributed by atoms with E-state index in [0.29, 0.717) is 0 Å². The van der Waals surface area contributed by atoms with E-state index in [4.69, 9.17) is 0 Å². The zero-order chi connectivity index (χ0) is 9.68. The Kier molecular flexibility index (Phi) is 3.26. The van der Waals surface area contributed by atoms with Crippen molar-refractivity contribution in [3.8, 4) is 0 Å². The second-order valence-electron chi connectivity index (χ2n) is 2.90. The van der Waals surface area contributed by atoms with E-state index < -0.39 is 0 Å². The van der Waals surface area contributed by atoms with Gasteiger partial charge in [-0.25, -0.2) is 4.99 Å². The van der Waals surface area contributed by atoms with Crippen LogP contribution in [0.15, 0.2) is 42.0 Å². The van der Waals surface area contributed by atoms with E-state index >= 15 is 0 Å². The fraction of sp³-hybridized carbons (Fsp3) is 0.182. The molecule has 2 nitrogen and oxygen atoms in total. The first-order valence-corrected chi connectivity index (χ1v) is 4.18. The second-order valence-corrected chi connectivity index (χ2v) is 2.90. The number of rotatable bonds is 3. The first-order valence-electron chi connectivity index (χ1n) is 4.18. The van der Waals surface area contributed by atoms with Crippen LogP contribution in [-0.2, 0) is 0 Å². The molecule has 2 heteroatoms. The van der Waals surface area contributed by atoms with Gasteiger partial charge < -0.3 is 4.90 Å². The lowest BCUT2D eigenvalue weighted by Crippen LogP contribution is -2.13. The Morgan fingerprint density at radius 2 is 2.23 bits per heavy atom. The van der Waals surface area contributed by atoms with Crippen LogP contribution in [0, 0.1) is 6.92 Å². The highest BCUT2D eigenvalue weighted by atomic mass is 15.1. The average Bonchev–Trinajstić information content (AvgIpc) is 2.14. The molecule has 1 rings (SSSR count). The highest BCUT2D eigenvalue weighted by molar-refractivity contribution is 5.78. The van der Waals surface area contributed by atoms with Crippen molar-refractivity contribution < 1.29 is 0 Å². The number of nitrogens with zero attached hydrogens (tertiary/aromatic N) is 2. The number of aliphatic imine (C=N–C) groups is 1. The SMILES string of the molecule is C=CN=CN(C)c1cccc(C)c1. The molecular weight excluding hydrogens is 160 g/mol. The van der Waals surface area contributed by atoms with Gasteiger partial charge in [-0.05, 0) is 24.6 Å². The lowest BCUT2D eigenvalue weighted by molar-refractivity contribution is 1.27. The van der Waals surface area contributed by atoms with Crippen molar-refractivity contribution in [2.45, 2.75) is 6.92 Å². The maximum absolute atomic E-state index is 3.94. The van der Waals surface area contributed by atoms with Crippen molar-refractivity contribution in [2.75, 3.05) is 11.9 Å². The molecule has 13 heavy (non-hydrogen) atoms. The third-order valence-electron chi connectivity index (χ3n) is 1.75. The van der Waals surface area contributed by atoms with Gasteiger partial charge in [0.25, 0.3) is 0 Å². The standard InChI is InChI=1S/C11H14N2/c1-4-12-9-13(3)11-7-5-6-10(2)8-11/h4-9H,1H2,2-3H3. The summed E-state index contributed by atoms with van der Waals surface area (Å²) in [6.45, 7) is 5.59. The Balaban J connectivity index is 2.82. The van der Waals surface area contributed by atoms with Crippen LogP contribution < -0.4 is 4.90 Å². The van der Waals surface area contributed by atoms with Gasteiger partial charge in [-0.2, -0.15) is 0 Å². The number of aryl methyl sites for hydroxylation is 1. The first kappa shape index (κ1) is 9.52. The molecule has 1 aromatic rings. The van der Waals surface area contributed by atoms with Crippen LogP contribution in [-0.4, -0.2) is 13.4 Å². The molecule has 0 aliphatic heterocycles. The summed E-state index contributed by atoms with van der Waals surface area (Å²) in [5.41, 5.74) is 2.38. The summed E-state index contributed by atoms with van der Waals surface area (Å²) in [5.74, 6) is 0. The molecule has 1 aromatic carbocycles. The number of hydrogen-bond donors (Lipinski definition) is 0. The molecule has 0 radical (unpaired) electrons. The Morgan fingerprint density at radius 3 is 2.85 bits per heavy atom. The molecule has 0 saturated carbocycles. The van der Waals surface area contributed by atoms with E-state index in [1.165, 1.54) is 11.8 Å². The van der Waals surface area contributed by atoms with Gasteiger partial charge in [0.2, 0.25) is 0 Å². The molecule has 0 unspecified atom stereocenters. The Morgan fingerprint density at radius 1 is 1.46 bits per heavy atom. The number of benzene rings is 1. The zero-order valence-electron chi connectivity index (χ0n) is 8.07. The van der Waals surface area contributed by atoms with E-state index in [2.05, 4.69) is 30.6 Å². The lowest BCUT2D eigenvalue weighted by Gasteiger charge is -2.12. The number of anilines is 1. The van der Waals surface area contributed by atoms with Gasteiger partial charge in [0.1, 0.15) is 0 Å². The van der Waals surface area contributed by atoms with Crippen molar-refractivity contribution in [3.63, 3.8) is 0 Å². The fourth-order valence-corrected chi connectivity index (χ4v) is 1.06. The van der Waals surface area contributed by atoms with Gasteiger partial charge >= 0.3 is 0 Å². The summed E-state index contributed by atoms with van der Waals surface area (Å²) in [4.78, 5) is 5.90. The molecule has 0 N–H and O–H groups in total. The number of hydrogen-bond acceptors (Lipinski definition) is 1. The first-order chi connectivity index (χ1) is 6.24. The minimum Gasteiger partial charge on any atom is -0.336 e. The molecule has 0 aliphatic rings. The van der Waals surface area contributed by atoms with Crippen molar-refractivity contribution in [2.24, 2.45) is 4.99 Å². The lowest BCUT2D eigenvalue weighted by atomic mass is 10.2. The smallest absolute Gasteiger partial charge is 0.0946 e. The molecule has 0 heterocycles. The van der Waals surface area contributed by atoms with Crippen LogP contribution in [0.2, 0.25) is 0 Å². The van der Waals surface area contributed by atoms with Crippen LogP contribution in [0.3, 0.4) is 0 Å². The quantitative estimate of drug-likeness (QED) is 0.508. The predicted octanol–water partition coefficient (Wildman–Crippen LogP) is 2.60. The molecule has 0 aliphatic carbocycles. The van der Waals surface area contributed by atoms with Crippen LogP contribution in [0.25, 0.3) is 0 Å². The summed E-state index contributed by atoms with van der Waals surface area (Å²) in [6.07, 6.45) is 3.26. The average molecular weight is 174 g/mol. The van der Waals surface area contributed by atoms with Crippen molar-refractivity contribution >= 4 is 12.0 Å². The molecule has 0 saturated heterocycles. The largest absolute Gasteiger partial charge is 0.336 e. The third kappa shape index (κ3) is 2.75. The summed E-state index contributed by atoms with van der Waals surface area (Å²) >= 11 is 0. The fourth-order valence-electron chi connectivity index (χ4n) is 1.06. The van der Waals surface area contributed by atoms with E-state index in [0.717, 1.165) is 5.69 Å². The monoisotopic (exact) mass is 174 g/mol. The van der Waals surface area contributed by atoms with E-state index in [1.807, 2.05) is 24.1 Å².